The lowest BCUT2D eigenvalue weighted by Crippen LogP contribution is -2.36. The van der Waals surface area contributed by atoms with Crippen molar-refractivity contribution >= 4 is 30.0 Å². The van der Waals surface area contributed by atoms with E-state index >= 15 is 0 Å². The summed E-state index contributed by atoms with van der Waals surface area (Å²) in [5.41, 5.74) is 7.02. The zero-order valence-corrected chi connectivity index (χ0v) is 32.5. The van der Waals surface area contributed by atoms with Gasteiger partial charge in [0.1, 0.15) is 37.6 Å². The van der Waals surface area contributed by atoms with E-state index in [-0.39, 0.29) is 0 Å². The zero-order chi connectivity index (χ0) is 39.0. The third kappa shape index (κ3) is 14.0. The quantitative estimate of drug-likeness (QED) is 0.0792. The number of halogens is 1. The number of aromatic nitrogens is 4. The third-order valence-corrected chi connectivity index (χ3v) is 8.99. The van der Waals surface area contributed by atoms with Crippen molar-refractivity contribution in [2.45, 2.75) is 32.4 Å². The standard InChI is InChI=1S/C25H23N2.C11H12N2.C7H7Cl.C7H6O/c1-4-10-22(11-5-1)16-17-25-26(20-23-12-6-2-7-13-23)18-19-27(25)21-24-14-8-3-9-15-24;1-10-12-7-8-13(10)9-11-5-3-2-4-6-11;2*8-6-7-4-2-1-3-5-7/h1-19H,20-21H2;2-8H,9H2,1H3;1-5H,6H2;1-6H/q+1;;;. The highest BCUT2D eigenvalue weighted by molar-refractivity contribution is 6.17. The van der Waals surface area contributed by atoms with Crippen LogP contribution in [0.2, 0.25) is 0 Å². The van der Waals surface area contributed by atoms with Gasteiger partial charge in [0.15, 0.2) is 0 Å². The summed E-state index contributed by atoms with van der Waals surface area (Å²) in [5.74, 6) is 2.86. The van der Waals surface area contributed by atoms with Gasteiger partial charge in [0.05, 0.1) is 0 Å². The molecule has 2 aromatic heterocycles. The van der Waals surface area contributed by atoms with Gasteiger partial charge in [-0.1, -0.05) is 182 Å². The van der Waals surface area contributed by atoms with E-state index in [0.29, 0.717) is 5.88 Å². The summed E-state index contributed by atoms with van der Waals surface area (Å²) in [7, 11) is 0. The maximum Gasteiger partial charge on any atom is 0.282 e. The molecule has 0 aliphatic carbocycles. The van der Waals surface area contributed by atoms with Gasteiger partial charge in [-0.2, -0.15) is 0 Å². The van der Waals surface area contributed by atoms with E-state index in [9.17, 15) is 4.79 Å². The topological polar surface area (TPSA) is 43.7 Å². The predicted octanol–water partition coefficient (Wildman–Crippen LogP) is 11.2. The predicted molar refractivity (Wildman–Crippen MR) is 231 cm³/mol. The Hall–Kier alpha value is -6.56. The zero-order valence-electron chi connectivity index (χ0n) is 31.8. The number of aldehydes is 1. The molecule has 8 rings (SSSR count). The van der Waals surface area contributed by atoms with Crippen molar-refractivity contribution < 1.29 is 9.36 Å². The Morgan fingerprint density at radius 3 is 1.41 bits per heavy atom. The summed E-state index contributed by atoms with van der Waals surface area (Å²) in [5, 5.41) is 0. The normalized spacial score (nSPS) is 10.2. The van der Waals surface area contributed by atoms with Gasteiger partial charge in [-0.15, -0.1) is 11.6 Å². The van der Waals surface area contributed by atoms with Crippen LogP contribution in [-0.4, -0.2) is 20.4 Å². The molecule has 0 saturated carbocycles. The molecule has 0 atom stereocenters. The number of carbonyl (C=O) groups is 1. The Kier molecular flexibility index (Phi) is 16.9. The van der Waals surface area contributed by atoms with Crippen LogP contribution in [0.4, 0.5) is 0 Å². The van der Waals surface area contributed by atoms with Crippen molar-refractivity contribution in [3.63, 3.8) is 0 Å². The number of nitrogens with zero attached hydrogens (tertiary/aromatic N) is 4. The van der Waals surface area contributed by atoms with E-state index in [0.717, 1.165) is 37.3 Å². The lowest BCUT2D eigenvalue weighted by atomic mass is 10.2. The number of imidazole rings is 2. The maximum absolute atomic E-state index is 10.0. The number of alkyl halides is 1. The number of carbonyl (C=O) groups excluding carboxylic acids is 1. The molecule has 56 heavy (non-hydrogen) atoms. The van der Waals surface area contributed by atoms with Gasteiger partial charge >= 0.3 is 0 Å². The van der Waals surface area contributed by atoms with Crippen LogP contribution in [0.3, 0.4) is 0 Å². The van der Waals surface area contributed by atoms with Crippen LogP contribution in [-0.2, 0) is 25.5 Å². The minimum absolute atomic E-state index is 0.612. The first-order valence-electron chi connectivity index (χ1n) is 18.6. The van der Waals surface area contributed by atoms with Crippen LogP contribution in [0.15, 0.2) is 207 Å². The van der Waals surface area contributed by atoms with E-state index in [1.807, 2.05) is 80.0 Å². The molecule has 0 aliphatic rings. The Labute approximate surface area is 336 Å². The Morgan fingerprint density at radius 2 is 0.982 bits per heavy atom. The van der Waals surface area contributed by atoms with Gasteiger partial charge in [0.25, 0.3) is 5.82 Å². The number of rotatable bonds is 10. The number of hydrogen-bond acceptors (Lipinski definition) is 2. The lowest BCUT2D eigenvalue weighted by Gasteiger charge is -2.03. The van der Waals surface area contributed by atoms with Gasteiger partial charge in [0, 0.05) is 36.5 Å². The molecule has 0 radical (unpaired) electrons. The molecular weight excluding hydrogens is 708 g/mol. The van der Waals surface area contributed by atoms with Crippen LogP contribution >= 0.6 is 11.6 Å². The van der Waals surface area contributed by atoms with E-state index in [1.54, 1.807) is 12.1 Å². The molecular formula is C50H48ClN4O+. The molecule has 5 nitrogen and oxygen atoms in total. The maximum atomic E-state index is 10.0. The highest BCUT2D eigenvalue weighted by atomic mass is 35.5. The van der Waals surface area contributed by atoms with Crippen molar-refractivity contribution in [3.8, 4) is 0 Å². The van der Waals surface area contributed by atoms with Crippen molar-refractivity contribution in [2.24, 2.45) is 0 Å². The molecule has 280 valence electrons. The van der Waals surface area contributed by atoms with Crippen molar-refractivity contribution in [2.75, 3.05) is 0 Å². The first-order valence-corrected chi connectivity index (χ1v) is 19.2. The Bertz CT molecular complexity index is 2210. The second-order valence-electron chi connectivity index (χ2n) is 12.9. The van der Waals surface area contributed by atoms with E-state index in [2.05, 4.69) is 152 Å². The fourth-order valence-corrected chi connectivity index (χ4v) is 5.86. The largest absolute Gasteiger partial charge is 0.331 e. The molecule has 0 aliphatic heterocycles. The summed E-state index contributed by atoms with van der Waals surface area (Å²) < 4.78 is 6.74. The molecule has 0 saturated heterocycles. The summed E-state index contributed by atoms with van der Waals surface area (Å²) in [6.07, 6.45) is 13.4. The van der Waals surface area contributed by atoms with Gasteiger partial charge in [-0.3, -0.25) is 4.79 Å². The average Bonchev–Trinajstić information content (AvgIpc) is 3.86. The van der Waals surface area contributed by atoms with Crippen LogP contribution in [0.1, 0.15) is 49.8 Å². The number of benzene rings is 6. The highest BCUT2D eigenvalue weighted by Crippen LogP contribution is 2.11. The SMILES string of the molecule is C(=Cc1n(Cc2ccccc2)cc[n+]1Cc1ccccc1)c1ccccc1.Cc1nccn1Cc1ccccc1.ClCc1ccccc1.O=Cc1ccccc1. The van der Waals surface area contributed by atoms with Crippen LogP contribution < -0.4 is 4.57 Å². The van der Waals surface area contributed by atoms with Gasteiger partial charge in [-0.25, -0.2) is 14.1 Å². The van der Waals surface area contributed by atoms with Gasteiger partial charge < -0.3 is 4.57 Å². The van der Waals surface area contributed by atoms with Crippen molar-refractivity contribution in [1.29, 1.82) is 0 Å². The second kappa shape index (κ2) is 23.3. The fraction of sp³-hybridized carbons (Fsp3) is 0.100. The average molecular weight is 756 g/mol. The van der Waals surface area contributed by atoms with E-state index in [4.69, 9.17) is 11.6 Å². The molecule has 2 heterocycles. The number of hydrogen-bond donors (Lipinski definition) is 0. The minimum Gasteiger partial charge on any atom is -0.331 e. The summed E-state index contributed by atoms with van der Waals surface area (Å²) in [6.45, 7) is 4.64. The first-order chi connectivity index (χ1) is 27.6. The monoisotopic (exact) mass is 755 g/mol. The van der Waals surface area contributed by atoms with Crippen LogP contribution in [0.5, 0.6) is 0 Å². The summed E-state index contributed by atoms with van der Waals surface area (Å²) in [6, 6.07) is 61.1. The molecule has 6 aromatic carbocycles. The first kappa shape index (κ1) is 40.6. The van der Waals surface area contributed by atoms with Crippen LogP contribution in [0, 0.1) is 6.92 Å². The van der Waals surface area contributed by atoms with Crippen molar-refractivity contribution in [1.82, 2.24) is 14.1 Å². The summed E-state index contributed by atoms with van der Waals surface area (Å²) >= 11 is 5.53. The minimum atomic E-state index is 0.612. The smallest absolute Gasteiger partial charge is 0.282 e. The number of aryl methyl sites for hydroxylation is 1. The van der Waals surface area contributed by atoms with Gasteiger partial charge in [0.2, 0.25) is 0 Å². The Balaban J connectivity index is 0.000000169. The molecule has 0 N–H and O–H groups in total. The lowest BCUT2D eigenvalue weighted by molar-refractivity contribution is -0.689. The van der Waals surface area contributed by atoms with Crippen LogP contribution in [0.25, 0.3) is 12.2 Å². The summed E-state index contributed by atoms with van der Waals surface area (Å²) in [4.78, 5) is 14.2. The highest BCUT2D eigenvalue weighted by Gasteiger charge is 2.15. The molecule has 0 amide bonds. The fourth-order valence-electron chi connectivity index (χ4n) is 5.68. The molecule has 8 aromatic rings. The molecule has 0 unspecified atom stereocenters. The Morgan fingerprint density at radius 1 is 0.536 bits per heavy atom. The molecule has 0 spiro atoms. The molecule has 6 heteroatoms. The molecule has 0 bridgehead atoms. The third-order valence-electron chi connectivity index (χ3n) is 8.68. The van der Waals surface area contributed by atoms with Gasteiger partial charge in [-0.05, 0) is 40.8 Å². The van der Waals surface area contributed by atoms with E-state index < -0.39 is 0 Å². The van der Waals surface area contributed by atoms with Crippen molar-refractivity contribution in [3.05, 3.63) is 252 Å². The molecule has 0 fully saturated rings. The van der Waals surface area contributed by atoms with E-state index in [1.165, 1.54) is 33.6 Å². The second-order valence-corrected chi connectivity index (χ2v) is 13.1.